The van der Waals surface area contributed by atoms with Crippen molar-refractivity contribution in [3.05, 3.63) is 77.6 Å². The summed E-state index contributed by atoms with van der Waals surface area (Å²) in [5, 5.41) is 8.16. The molecule has 1 aliphatic rings. The van der Waals surface area contributed by atoms with Crippen LogP contribution in [0.1, 0.15) is 22.1 Å². The summed E-state index contributed by atoms with van der Waals surface area (Å²) in [6.45, 7) is 1.16. The summed E-state index contributed by atoms with van der Waals surface area (Å²) in [5.41, 5.74) is 0.812. The van der Waals surface area contributed by atoms with Crippen molar-refractivity contribution >= 4 is 5.91 Å². The zero-order valence-corrected chi connectivity index (χ0v) is 14.3. The fourth-order valence-corrected chi connectivity index (χ4v) is 2.83. The lowest BCUT2D eigenvalue weighted by molar-refractivity contribution is 0.0497. The van der Waals surface area contributed by atoms with Crippen LogP contribution in [0.2, 0.25) is 0 Å². The van der Waals surface area contributed by atoms with Crippen LogP contribution in [0.3, 0.4) is 0 Å². The highest BCUT2D eigenvalue weighted by Crippen LogP contribution is 2.23. The molecule has 27 heavy (non-hydrogen) atoms. The second kappa shape index (κ2) is 7.14. The number of likely N-dealkylation sites (tertiary alicyclic amines) is 1. The monoisotopic (exact) mass is 370 g/mol. The normalized spacial score (nSPS) is 14.1. The van der Waals surface area contributed by atoms with Crippen LogP contribution in [0.4, 0.5) is 8.78 Å². The van der Waals surface area contributed by atoms with Gasteiger partial charge in [-0.25, -0.2) is 13.5 Å². The Morgan fingerprint density at radius 1 is 1.11 bits per heavy atom. The van der Waals surface area contributed by atoms with E-state index in [2.05, 4.69) is 10.3 Å². The molecule has 3 aromatic rings. The van der Waals surface area contributed by atoms with E-state index in [4.69, 9.17) is 4.74 Å². The van der Waals surface area contributed by atoms with E-state index in [-0.39, 0.29) is 17.5 Å². The summed E-state index contributed by atoms with van der Waals surface area (Å²) in [7, 11) is 0. The first-order valence-corrected chi connectivity index (χ1v) is 8.43. The fourth-order valence-electron chi connectivity index (χ4n) is 2.83. The van der Waals surface area contributed by atoms with E-state index in [1.165, 1.54) is 6.07 Å². The Kier molecular flexibility index (Phi) is 4.53. The Bertz CT molecular complexity index is 955. The molecule has 2 heterocycles. The molecule has 1 saturated heterocycles. The molecule has 0 aliphatic carbocycles. The number of aromatic nitrogens is 3. The lowest BCUT2D eigenvalue weighted by Gasteiger charge is -2.38. The largest absolute Gasteiger partial charge is 0.487 e. The highest BCUT2D eigenvalue weighted by atomic mass is 19.2. The summed E-state index contributed by atoms with van der Waals surface area (Å²) < 4.78 is 33.6. The molecule has 1 aromatic heterocycles. The first-order chi connectivity index (χ1) is 13.1. The lowest BCUT2D eigenvalue weighted by Crippen LogP contribution is -2.50. The van der Waals surface area contributed by atoms with E-state index in [0.29, 0.717) is 25.4 Å². The highest BCUT2D eigenvalue weighted by molar-refractivity contribution is 5.94. The van der Waals surface area contributed by atoms with Gasteiger partial charge in [0.05, 0.1) is 12.2 Å². The quantitative estimate of drug-likeness (QED) is 0.693. The summed E-state index contributed by atoms with van der Waals surface area (Å²) in [6.07, 6.45) is 1.78. The molecule has 0 saturated carbocycles. The Morgan fingerprint density at radius 2 is 1.89 bits per heavy atom. The Labute approximate surface area is 154 Å². The van der Waals surface area contributed by atoms with Gasteiger partial charge in [-0.3, -0.25) is 4.79 Å². The van der Waals surface area contributed by atoms with E-state index < -0.39 is 11.6 Å². The minimum absolute atomic E-state index is 0.00257. The lowest BCUT2D eigenvalue weighted by atomic mass is 10.1. The molecule has 1 amide bonds. The van der Waals surface area contributed by atoms with Gasteiger partial charge < -0.3 is 9.64 Å². The van der Waals surface area contributed by atoms with Gasteiger partial charge in [0, 0.05) is 18.7 Å². The Balaban J connectivity index is 1.32. The number of halogens is 2. The van der Waals surface area contributed by atoms with Gasteiger partial charge in [0.1, 0.15) is 18.1 Å². The smallest absolute Gasteiger partial charge is 0.254 e. The molecule has 2 aromatic carbocycles. The number of hydrogen-bond donors (Lipinski definition) is 0. The van der Waals surface area contributed by atoms with Crippen LogP contribution in [-0.4, -0.2) is 38.9 Å². The molecule has 0 radical (unpaired) electrons. The number of benzene rings is 2. The molecule has 1 aliphatic heterocycles. The number of rotatable bonds is 5. The topological polar surface area (TPSA) is 60.2 Å². The van der Waals surface area contributed by atoms with E-state index in [0.717, 1.165) is 17.9 Å². The molecule has 0 atom stereocenters. The molecule has 138 valence electrons. The number of carbonyl (C=O) groups is 1. The maximum atomic E-state index is 13.3. The van der Waals surface area contributed by atoms with Gasteiger partial charge in [0.25, 0.3) is 5.91 Å². The van der Waals surface area contributed by atoms with E-state index in [1.54, 1.807) is 15.8 Å². The minimum Gasteiger partial charge on any atom is -0.487 e. The van der Waals surface area contributed by atoms with Gasteiger partial charge in [-0.15, -0.1) is 5.10 Å². The number of carbonyl (C=O) groups excluding carboxylic acids is 1. The van der Waals surface area contributed by atoms with Crippen LogP contribution >= 0.6 is 0 Å². The van der Waals surface area contributed by atoms with Crippen molar-refractivity contribution < 1.29 is 18.3 Å². The van der Waals surface area contributed by atoms with Gasteiger partial charge in [-0.05, 0) is 30.3 Å². The number of nitrogens with zero attached hydrogens (tertiary/aromatic N) is 4. The first-order valence-electron chi connectivity index (χ1n) is 8.43. The van der Waals surface area contributed by atoms with Gasteiger partial charge in [0.2, 0.25) is 0 Å². The summed E-state index contributed by atoms with van der Waals surface area (Å²) in [5.74, 6) is -1.59. The number of amides is 1. The third kappa shape index (κ3) is 3.64. The van der Waals surface area contributed by atoms with Crippen LogP contribution in [0.5, 0.6) is 5.75 Å². The highest BCUT2D eigenvalue weighted by Gasteiger charge is 2.33. The summed E-state index contributed by atoms with van der Waals surface area (Å²) in [4.78, 5) is 13.9. The maximum Gasteiger partial charge on any atom is 0.254 e. The predicted octanol–water partition coefficient (Wildman–Crippen LogP) is 2.83. The second-order valence-corrected chi connectivity index (χ2v) is 6.28. The first kappa shape index (κ1) is 17.1. The van der Waals surface area contributed by atoms with Crippen LogP contribution in [0.25, 0.3) is 0 Å². The fraction of sp³-hybridized carbons (Fsp3) is 0.211. The van der Waals surface area contributed by atoms with E-state index in [1.807, 2.05) is 30.3 Å². The third-order valence-electron chi connectivity index (χ3n) is 4.38. The number of hydrogen-bond acceptors (Lipinski definition) is 4. The zero-order chi connectivity index (χ0) is 18.8. The Morgan fingerprint density at radius 3 is 2.63 bits per heavy atom. The molecular weight excluding hydrogens is 354 g/mol. The van der Waals surface area contributed by atoms with Gasteiger partial charge in [0.15, 0.2) is 11.6 Å². The van der Waals surface area contributed by atoms with Crippen molar-refractivity contribution in [2.24, 2.45) is 0 Å². The standard InChI is InChI=1S/C19H16F2N4O2/c20-17-7-6-13(8-18(17)21)19(26)24-10-15(11-24)25-9-14(22-23-25)12-27-16-4-2-1-3-5-16/h1-9,15H,10-12H2. The molecule has 0 bridgehead atoms. The number of ether oxygens (including phenoxy) is 1. The molecule has 0 N–H and O–H groups in total. The van der Waals surface area contributed by atoms with Crippen molar-refractivity contribution in [1.82, 2.24) is 19.9 Å². The molecular formula is C19H16F2N4O2. The molecule has 0 spiro atoms. The molecule has 8 heteroatoms. The van der Waals surface area contributed by atoms with Crippen molar-refractivity contribution in [3.63, 3.8) is 0 Å². The minimum atomic E-state index is -1.03. The average molecular weight is 370 g/mol. The van der Waals surface area contributed by atoms with Crippen molar-refractivity contribution in [1.29, 1.82) is 0 Å². The summed E-state index contributed by atoms with van der Waals surface area (Å²) >= 11 is 0. The van der Waals surface area contributed by atoms with Gasteiger partial charge >= 0.3 is 0 Å². The predicted molar refractivity (Wildman–Crippen MR) is 92.1 cm³/mol. The van der Waals surface area contributed by atoms with Crippen LogP contribution < -0.4 is 4.74 Å². The van der Waals surface area contributed by atoms with E-state index >= 15 is 0 Å². The van der Waals surface area contributed by atoms with Crippen LogP contribution in [0, 0.1) is 11.6 Å². The van der Waals surface area contributed by atoms with Crippen molar-refractivity contribution in [3.8, 4) is 5.75 Å². The molecule has 6 nitrogen and oxygen atoms in total. The average Bonchev–Trinajstić information content (AvgIpc) is 3.10. The second-order valence-electron chi connectivity index (χ2n) is 6.28. The van der Waals surface area contributed by atoms with Crippen LogP contribution in [0.15, 0.2) is 54.7 Å². The third-order valence-corrected chi connectivity index (χ3v) is 4.38. The van der Waals surface area contributed by atoms with Crippen LogP contribution in [-0.2, 0) is 6.61 Å². The number of para-hydroxylation sites is 1. The molecule has 4 rings (SSSR count). The van der Waals surface area contributed by atoms with Gasteiger partial charge in [-0.1, -0.05) is 23.4 Å². The molecule has 1 fully saturated rings. The summed E-state index contributed by atoms with van der Waals surface area (Å²) in [6, 6.07) is 12.6. The maximum absolute atomic E-state index is 13.3. The van der Waals surface area contributed by atoms with Crippen molar-refractivity contribution in [2.75, 3.05) is 13.1 Å². The SMILES string of the molecule is O=C(c1ccc(F)c(F)c1)N1CC(n2cc(COc3ccccc3)nn2)C1. The zero-order valence-electron chi connectivity index (χ0n) is 14.3. The van der Waals surface area contributed by atoms with Gasteiger partial charge in [-0.2, -0.15) is 0 Å². The van der Waals surface area contributed by atoms with Crippen molar-refractivity contribution in [2.45, 2.75) is 12.6 Å². The van der Waals surface area contributed by atoms with E-state index in [9.17, 15) is 13.6 Å². The molecule has 0 unspecified atom stereocenters. The Hall–Kier alpha value is -3.29.